The minimum Gasteiger partial charge on any atom is -0.462 e. The summed E-state index contributed by atoms with van der Waals surface area (Å²) >= 11 is 0. The number of benzene rings is 1. The third-order valence-corrected chi connectivity index (χ3v) is 9.96. The van der Waals surface area contributed by atoms with E-state index in [1.54, 1.807) is 6.92 Å². The molecule has 5 aliphatic rings. The lowest BCUT2D eigenvalue weighted by Gasteiger charge is -2.52. The molecular formula is C33H42N2O5. The fourth-order valence-electron chi connectivity index (χ4n) is 8.65. The second-order valence-corrected chi connectivity index (χ2v) is 14.1. The molecular weight excluding hydrogens is 504 g/mol. The maximum atomic E-state index is 15.5. The molecule has 2 aliphatic carbocycles. The van der Waals surface area contributed by atoms with Crippen LogP contribution in [0.2, 0.25) is 0 Å². The lowest BCUT2D eigenvalue weighted by atomic mass is 9.61. The van der Waals surface area contributed by atoms with E-state index in [0.717, 1.165) is 61.8 Å². The van der Waals surface area contributed by atoms with Gasteiger partial charge in [0.05, 0.1) is 17.9 Å². The summed E-state index contributed by atoms with van der Waals surface area (Å²) in [5.41, 5.74) is 7.77. The van der Waals surface area contributed by atoms with Crippen LogP contribution in [-0.4, -0.2) is 29.8 Å². The summed E-state index contributed by atoms with van der Waals surface area (Å²) in [7, 11) is 0. The Morgan fingerprint density at radius 1 is 1.02 bits per heavy atom. The molecule has 3 heterocycles. The highest BCUT2D eigenvalue weighted by molar-refractivity contribution is 6.24. The summed E-state index contributed by atoms with van der Waals surface area (Å²) in [5, 5.41) is 0. The second-order valence-electron chi connectivity index (χ2n) is 14.1. The number of carbonyl (C=O) groups is 3. The predicted molar refractivity (Wildman–Crippen MR) is 152 cm³/mol. The average Bonchev–Trinajstić information content (AvgIpc) is 2.96. The summed E-state index contributed by atoms with van der Waals surface area (Å²) in [6, 6.07) is 4.18. The minimum atomic E-state index is -1.69. The fourth-order valence-corrected chi connectivity index (χ4v) is 8.65. The second kappa shape index (κ2) is 8.70. The Balaban J connectivity index is 1.74. The molecule has 1 amide bonds. The molecule has 7 nitrogen and oxygen atoms in total. The number of rotatable bonds is 2. The first-order chi connectivity index (χ1) is 18.8. The zero-order valence-corrected chi connectivity index (χ0v) is 24.8. The zero-order chi connectivity index (χ0) is 28.8. The molecule has 1 fully saturated rings. The molecule has 2 N–H and O–H groups in total. The molecule has 0 aromatic heterocycles. The monoisotopic (exact) mass is 546 g/mol. The van der Waals surface area contributed by atoms with Crippen LogP contribution in [0.5, 0.6) is 0 Å². The third kappa shape index (κ3) is 3.51. The Hall–Kier alpha value is -3.09. The molecule has 40 heavy (non-hydrogen) atoms. The predicted octanol–water partition coefficient (Wildman–Crippen LogP) is 5.76. The van der Waals surface area contributed by atoms with Crippen molar-refractivity contribution in [3.05, 3.63) is 51.6 Å². The van der Waals surface area contributed by atoms with E-state index < -0.39 is 16.9 Å². The summed E-state index contributed by atoms with van der Waals surface area (Å²) < 4.78 is 11.7. The summed E-state index contributed by atoms with van der Waals surface area (Å²) in [6.45, 7) is 12.4. The number of fused-ring (bicyclic) bond motifs is 3. The maximum Gasteiger partial charge on any atom is 0.341 e. The first kappa shape index (κ1) is 27.1. The normalized spacial score (nSPS) is 27.9. The van der Waals surface area contributed by atoms with Crippen molar-refractivity contribution in [1.82, 2.24) is 0 Å². The highest BCUT2D eigenvalue weighted by Crippen LogP contribution is 2.64. The number of ether oxygens (including phenoxy) is 2. The van der Waals surface area contributed by atoms with Crippen LogP contribution in [-0.2, 0) is 34.7 Å². The van der Waals surface area contributed by atoms with Gasteiger partial charge in [-0.05, 0) is 49.5 Å². The van der Waals surface area contributed by atoms with Crippen LogP contribution in [0, 0.1) is 12.3 Å². The minimum absolute atomic E-state index is 0.0464. The molecule has 0 unspecified atom stereocenters. The van der Waals surface area contributed by atoms with Gasteiger partial charge in [0.1, 0.15) is 16.7 Å². The van der Waals surface area contributed by atoms with E-state index in [4.69, 9.17) is 15.2 Å². The Morgan fingerprint density at radius 2 is 1.68 bits per heavy atom. The Kier molecular flexibility index (Phi) is 5.90. The van der Waals surface area contributed by atoms with Crippen LogP contribution in [0.1, 0.15) is 109 Å². The van der Waals surface area contributed by atoms with Gasteiger partial charge in [-0.3, -0.25) is 9.59 Å². The van der Waals surface area contributed by atoms with Crippen LogP contribution in [0.4, 0.5) is 5.69 Å². The van der Waals surface area contributed by atoms with Crippen LogP contribution in [0.25, 0.3) is 0 Å². The van der Waals surface area contributed by atoms with Crippen LogP contribution in [0.3, 0.4) is 0 Å². The van der Waals surface area contributed by atoms with Gasteiger partial charge in [-0.2, -0.15) is 0 Å². The molecule has 214 valence electrons. The van der Waals surface area contributed by atoms with Gasteiger partial charge >= 0.3 is 5.97 Å². The molecule has 0 saturated heterocycles. The number of carbonyl (C=O) groups excluding carboxylic acids is 3. The van der Waals surface area contributed by atoms with E-state index in [2.05, 4.69) is 19.9 Å². The number of allylic oxidation sites excluding steroid dienone is 1. The van der Waals surface area contributed by atoms with E-state index in [1.165, 1.54) is 0 Å². The fraction of sp³-hybridized carbons (Fsp3) is 0.606. The number of amides is 1. The quantitative estimate of drug-likeness (QED) is 0.474. The molecule has 0 bridgehead atoms. The van der Waals surface area contributed by atoms with Gasteiger partial charge in [-0.15, -0.1) is 0 Å². The zero-order valence-electron chi connectivity index (χ0n) is 24.8. The van der Waals surface area contributed by atoms with Gasteiger partial charge < -0.3 is 20.1 Å². The average molecular weight is 547 g/mol. The SMILES string of the molecule is CCOC(=O)C1=C(N)OC2=C(C(=O)CC(C)(C)C2)[C@]12C(=O)N1c3c(cc(C)cc32)C(C)(C)CC12CCCCCC2. The van der Waals surface area contributed by atoms with Gasteiger partial charge in [0.15, 0.2) is 5.78 Å². The van der Waals surface area contributed by atoms with Crippen LogP contribution in [0.15, 0.2) is 34.9 Å². The molecule has 6 rings (SSSR count). The third-order valence-electron chi connectivity index (χ3n) is 9.96. The number of anilines is 1. The topological polar surface area (TPSA) is 98.9 Å². The first-order valence-corrected chi connectivity index (χ1v) is 14.9. The van der Waals surface area contributed by atoms with E-state index in [9.17, 15) is 9.59 Å². The van der Waals surface area contributed by atoms with Gasteiger partial charge in [-0.25, -0.2) is 4.79 Å². The number of nitrogens with two attached hydrogens (primary N) is 1. The van der Waals surface area contributed by atoms with E-state index in [1.807, 2.05) is 31.7 Å². The first-order valence-electron chi connectivity index (χ1n) is 14.9. The lowest BCUT2D eigenvalue weighted by Crippen LogP contribution is -2.60. The van der Waals surface area contributed by atoms with Gasteiger partial charge in [0.2, 0.25) is 11.8 Å². The number of hydrogen-bond donors (Lipinski definition) is 1. The largest absolute Gasteiger partial charge is 0.462 e. The number of aryl methyl sites for hydroxylation is 1. The van der Waals surface area contributed by atoms with Crippen molar-refractivity contribution >= 4 is 23.3 Å². The summed E-state index contributed by atoms with van der Waals surface area (Å²) in [6.07, 6.45) is 7.67. The highest BCUT2D eigenvalue weighted by atomic mass is 16.5. The number of Topliss-reactive ketones (excluding diaryl/α,β-unsaturated/α-hetero) is 1. The van der Waals surface area contributed by atoms with Crippen molar-refractivity contribution in [3.63, 3.8) is 0 Å². The molecule has 3 aliphatic heterocycles. The molecule has 1 aromatic carbocycles. The molecule has 1 atom stereocenters. The van der Waals surface area contributed by atoms with Crippen molar-refractivity contribution in [3.8, 4) is 0 Å². The Bertz CT molecular complexity index is 1410. The number of esters is 1. The summed E-state index contributed by atoms with van der Waals surface area (Å²) in [4.78, 5) is 45.5. The van der Waals surface area contributed by atoms with Gasteiger partial charge in [0, 0.05) is 23.9 Å². The number of hydrogen-bond acceptors (Lipinski definition) is 6. The standard InChI is InChI=1S/C33H42N2O5/c1-7-39-28(37)25-27(34)40-23-17-30(3,4)16-22(36)24(23)33(25)21-15-19(2)14-20-26(21)35(29(33)38)32(18-31(20,5)6)12-10-8-9-11-13-32/h14-15H,7-13,16-18,34H2,1-6H3/t33-/m0/s1. The lowest BCUT2D eigenvalue weighted by molar-refractivity contribution is -0.141. The Morgan fingerprint density at radius 3 is 2.33 bits per heavy atom. The molecule has 0 radical (unpaired) electrons. The van der Waals surface area contributed by atoms with Crippen molar-refractivity contribution in [2.45, 2.75) is 116 Å². The van der Waals surface area contributed by atoms with Gasteiger partial charge in [-0.1, -0.05) is 71.1 Å². The van der Waals surface area contributed by atoms with Crippen molar-refractivity contribution in [2.75, 3.05) is 11.5 Å². The van der Waals surface area contributed by atoms with Crippen molar-refractivity contribution < 1.29 is 23.9 Å². The highest BCUT2D eigenvalue weighted by Gasteiger charge is 2.69. The van der Waals surface area contributed by atoms with Crippen LogP contribution >= 0.6 is 0 Å². The molecule has 2 spiro atoms. The molecule has 7 heteroatoms. The van der Waals surface area contributed by atoms with Crippen LogP contribution < -0.4 is 10.6 Å². The maximum absolute atomic E-state index is 15.5. The van der Waals surface area contributed by atoms with Crippen molar-refractivity contribution in [2.24, 2.45) is 11.1 Å². The number of ketones is 1. The molecule has 1 aromatic rings. The van der Waals surface area contributed by atoms with Crippen molar-refractivity contribution in [1.29, 1.82) is 0 Å². The molecule has 1 saturated carbocycles. The van der Waals surface area contributed by atoms with E-state index in [-0.39, 0.29) is 52.6 Å². The summed E-state index contributed by atoms with van der Waals surface area (Å²) in [5.74, 6) is -0.855. The van der Waals surface area contributed by atoms with E-state index in [0.29, 0.717) is 17.7 Å². The van der Waals surface area contributed by atoms with Gasteiger partial charge in [0.25, 0.3) is 0 Å². The Labute approximate surface area is 237 Å². The number of nitrogens with zero attached hydrogens (tertiary/aromatic N) is 1. The van der Waals surface area contributed by atoms with E-state index >= 15 is 4.79 Å². The smallest absolute Gasteiger partial charge is 0.341 e.